The van der Waals surface area contributed by atoms with Gasteiger partial charge < -0.3 is 20.6 Å². The fraction of sp³-hybridized carbons (Fsp3) is 0.586. The van der Waals surface area contributed by atoms with E-state index < -0.39 is 23.6 Å². The maximum absolute atomic E-state index is 13.7. The van der Waals surface area contributed by atoms with Gasteiger partial charge in [0.05, 0.1) is 22.2 Å². The van der Waals surface area contributed by atoms with Gasteiger partial charge >= 0.3 is 0 Å². The molecule has 3 unspecified atom stereocenters. The van der Waals surface area contributed by atoms with E-state index in [9.17, 15) is 19.5 Å². The van der Waals surface area contributed by atoms with Crippen LogP contribution < -0.4 is 10.6 Å². The Bertz CT molecular complexity index is 1120. The number of aliphatic hydroxyl groups is 1. The lowest BCUT2D eigenvalue weighted by molar-refractivity contribution is -0.144. The molecule has 1 aromatic carbocycles. The van der Waals surface area contributed by atoms with Crippen molar-refractivity contribution in [2.45, 2.75) is 91.0 Å². The minimum Gasteiger partial charge on any atom is -0.391 e. The lowest BCUT2D eigenvalue weighted by Crippen LogP contribution is -2.57. The van der Waals surface area contributed by atoms with Crippen molar-refractivity contribution >= 4 is 45.0 Å². The van der Waals surface area contributed by atoms with E-state index in [1.165, 1.54) is 4.90 Å². The number of benzene rings is 1. The Hall–Kier alpha value is -2.30. The summed E-state index contributed by atoms with van der Waals surface area (Å²) in [5.41, 5.74) is 4.26. The molecule has 1 fully saturated rings. The second-order valence-electron chi connectivity index (χ2n) is 11.3. The lowest BCUT2D eigenvalue weighted by atomic mass is 9.85. The number of likely N-dealkylation sites (tertiary alicyclic amines) is 1. The molecule has 3 amide bonds. The van der Waals surface area contributed by atoms with Crippen LogP contribution in [0.2, 0.25) is 0 Å². The highest BCUT2D eigenvalue weighted by molar-refractivity contribution is 9.09. The van der Waals surface area contributed by atoms with Crippen LogP contribution in [-0.2, 0) is 20.9 Å². The van der Waals surface area contributed by atoms with E-state index in [4.69, 9.17) is 0 Å². The average Bonchev–Trinajstić information content (AvgIpc) is 3.50. The summed E-state index contributed by atoms with van der Waals surface area (Å²) in [5, 5.41) is 17.2. The number of halogens is 1. The number of hydrogen-bond donors (Lipinski definition) is 3. The van der Waals surface area contributed by atoms with Gasteiger partial charge in [-0.05, 0) is 36.3 Å². The maximum Gasteiger partial charge on any atom is 0.246 e. The monoisotopic (exact) mass is 620 g/mol. The second kappa shape index (κ2) is 14.4. The summed E-state index contributed by atoms with van der Waals surface area (Å²) in [7, 11) is 0. The molecule has 0 aliphatic carbocycles. The molecular weight excluding hydrogens is 580 g/mol. The molecule has 3 rings (SSSR count). The molecule has 1 aliphatic heterocycles. The highest BCUT2D eigenvalue weighted by atomic mass is 79.9. The minimum absolute atomic E-state index is 0.0643. The van der Waals surface area contributed by atoms with Crippen LogP contribution in [0.3, 0.4) is 0 Å². The predicted octanol–water partition coefficient (Wildman–Crippen LogP) is 4.57. The van der Waals surface area contributed by atoms with Crippen molar-refractivity contribution < 1.29 is 19.5 Å². The van der Waals surface area contributed by atoms with Gasteiger partial charge in [0.2, 0.25) is 17.7 Å². The number of β-amino-alcohol motifs (C(OH)–C–C–N with tert-alkyl or cyclic N) is 1. The minimum atomic E-state index is -0.795. The highest BCUT2D eigenvalue weighted by Crippen LogP contribution is 2.28. The van der Waals surface area contributed by atoms with E-state index in [-0.39, 0.29) is 30.7 Å². The number of aliphatic hydroxyl groups excluding tert-OH is 1. The van der Waals surface area contributed by atoms with E-state index in [1.807, 2.05) is 57.5 Å². The number of hydrogen-bond acceptors (Lipinski definition) is 6. The van der Waals surface area contributed by atoms with Crippen LogP contribution in [0.25, 0.3) is 10.4 Å². The smallest absolute Gasteiger partial charge is 0.246 e. The highest BCUT2D eigenvalue weighted by Gasteiger charge is 2.44. The van der Waals surface area contributed by atoms with Gasteiger partial charge in [-0.3, -0.25) is 14.4 Å². The molecular formula is C29H41BrN4O4S. The Balaban J connectivity index is 1.61. The van der Waals surface area contributed by atoms with Gasteiger partial charge in [-0.1, -0.05) is 73.8 Å². The number of aromatic nitrogens is 1. The first kappa shape index (κ1) is 31.2. The third-order valence-corrected chi connectivity index (χ3v) is 8.54. The number of unbranched alkanes of at least 4 members (excludes halogenated alkanes) is 3. The Morgan fingerprint density at radius 3 is 2.46 bits per heavy atom. The summed E-state index contributed by atoms with van der Waals surface area (Å²) in [4.78, 5) is 46.4. The van der Waals surface area contributed by atoms with Gasteiger partial charge in [-0.2, -0.15) is 0 Å². The largest absolute Gasteiger partial charge is 0.391 e. The van der Waals surface area contributed by atoms with E-state index in [0.29, 0.717) is 13.0 Å². The molecule has 214 valence electrons. The molecule has 2 heterocycles. The molecule has 3 N–H and O–H groups in total. The van der Waals surface area contributed by atoms with Crippen LogP contribution >= 0.6 is 27.3 Å². The summed E-state index contributed by atoms with van der Waals surface area (Å²) in [6, 6.07) is 6.36. The summed E-state index contributed by atoms with van der Waals surface area (Å²) in [6.07, 6.45) is 3.58. The van der Waals surface area contributed by atoms with Crippen LogP contribution in [-0.4, -0.2) is 62.8 Å². The first-order chi connectivity index (χ1) is 18.5. The summed E-state index contributed by atoms with van der Waals surface area (Å²) >= 11 is 5.01. The van der Waals surface area contributed by atoms with Crippen molar-refractivity contribution in [3.63, 3.8) is 0 Å². The van der Waals surface area contributed by atoms with E-state index in [1.54, 1.807) is 11.3 Å². The molecule has 0 bridgehead atoms. The summed E-state index contributed by atoms with van der Waals surface area (Å²) in [5.74, 6) is -0.816. The van der Waals surface area contributed by atoms with Crippen molar-refractivity contribution in [2.75, 3.05) is 11.9 Å². The normalized spacial score (nSPS) is 18.2. The third kappa shape index (κ3) is 8.85. The Morgan fingerprint density at radius 2 is 1.85 bits per heavy atom. The van der Waals surface area contributed by atoms with Gasteiger partial charge in [-0.15, -0.1) is 11.3 Å². The molecule has 10 heteroatoms. The van der Waals surface area contributed by atoms with Gasteiger partial charge in [0.15, 0.2) is 0 Å². The van der Waals surface area contributed by atoms with Gasteiger partial charge in [0.25, 0.3) is 0 Å². The van der Waals surface area contributed by atoms with Crippen molar-refractivity contribution in [1.82, 2.24) is 20.5 Å². The molecule has 0 radical (unpaired) electrons. The number of alkyl halides is 1. The van der Waals surface area contributed by atoms with Crippen molar-refractivity contribution in [1.29, 1.82) is 0 Å². The van der Waals surface area contributed by atoms with Crippen molar-refractivity contribution in [2.24, 2.45) is 5.41 Å². The Kier molecular flexibility index (Phi) is 11.5. The first-order valence-corrected chi connectivity index (χ1v) is 15.6. The number of carbonyl (C=O) groups is 3. The number of rotatable bonds is 12. The maximum atomic E-state index is 13.7. The van der Waals surface area contributed by atoms with E-state index in [0.717, 1.165) is 52.7 Å². The summed E-state index contributed by atoms with van der Waals surface area (Å²) < 4.78 is 0. The van der Waals surface area contributed by atoms with Crippen LogP contribution in [0.5, 0.6) is 0 Å². The second-order valence-corrected chi connectivity index (χ2v) is 12.9. The molecule has 2 aromatic rings. The molecule has 39 heavy (non-hydrogen) atoms. The van der Waals surface area contributed by atoms with Crippen LogP contribution in [0.1, 0.15) is 70.6 Å². The number of aryl methyl sites for hydroxylation is 1. The zero-order chi connectivity index (χ0) is 28.6. The van der Waals surface area contributed by atoms with Crippen LogP contribution in [0, 0.1) is 12.3 Å². The Labute approximate surface area is 244 Å². The fourth-order valence-electron chi connectivity index (χ4n) is 4.75. The standard InChI is InChI=1S/C29H41BrN4O4S/c1-19-25(39-18-32-19)21-12-10-20(11-13-21)16-31-27(37)23-15-22(35)17-34(23)28(38)26(29(2,3)4)33-24(36)9-7-5-6-8-14-30/h10-13,18,22-23,26,35H,5-9,14-17H2,1-4H3,(H,31,37)(H,33,36). The Morgan fingerprint density at radius 1 is 1.15 bits per heavy atom. The number of carbonyl (C=O) groups excluding carboxylic acids is 3. The van der Waals surface area contributed by atoms with E-state index in [2.05, 4.69) is 31.5 Å². The van der Waals surface area contributed by atoms with Crippen molar-refractivity contribution in [3.8, 4) is 10.4 Å². The lowest BCUT2D eigenvalue weighted by Gasteiger charge is -2.35. The SMILES string of the molecule is Cc1ncsc1-c1ccc(CNC(=O)C2CC(O)CN2C(=O)C(NC(=O)CCCCCCBr)C(C)(C)C)cc1. The number of nitrogens with one attached hydrogen (secondary N) is 2. The molecule has 0 saturated carbocycles. The molecule has 1 saturated heterocycles. The molecule has 0 spiro atoms. The average molecular weight is 622 g/mol. The molecule has 3 atom stereocenters. The quantitative estimate of drug-likeness (QED) is 0.238. The van der Waals surface area contributed by atoms with Crippen LogP contribution in [0.15, 0.2) is 29.8 Å². The number of nitrogens with zero attached hydrogens (tertiary/aromatic N) is 2. The molecule has 1 aromatic heterocycles. The first-order valence-electron chi connectivity index (χ1n) is 13.6. The molecule has 1 aliphatic rings. The van der Waals surface area contributed by atoms with Crippen molar-refractivity contribution in [3.05, 3.63) is 41.0 Å². The molecule has 8 nitrogen and oxygen atoms in total. The number of amides is 3. The number of thiazole rings is 1. The van der Waals surface area contributed by atoms with Crippen LogP contribution in [0.4, 0.5) is 0 Å². The van der Waals surface area contributed by atoms with Gasteiger partial charge in [0, 0.05) is 31.3 Å². The topological polar surface area (TPSA) is 112 Å². The zero-order valence-electron chi connectivity index (χ0n) is 23.3. The fourth-order valence-corrected chi connectivity index (χ4v) is 5.96. The predicted molar refractivity (Wildman–Crippen MR) is 159 cm³/mol. The summed E-state index contributed by atoms with van der Waals surface area (Å²) in [6.45, 7) is 8.03. The zero-order valence-corrected chi connectivity index (χ0v) is 25.7. The van der Waals surface area contributed by atoms with Gasteiger partial charge in [-0.25, -0.2) is 4.98 Å². The van der Waals surface area contributed by atoms with E-state index >= 15 is 0 Å². The third-order valence-electron chi connectivity index (χ3n) is 7.00. The van der Waals surface area contributed by atoms with Gasteiger partial charge in [0.1, 0.15) is 12.1 Å².